The van der Waals surface area contributed by atoms with Gasteiger partial charge in [0.15, 0.2) is 23.0 Å². The Kier molecular flexibility index (Phi) is 5.92. The molecule has 0 aliphatic carbocycles. The summed E-state index contributed by atoms with van der Waals surface area (Å²) in [5.41, 5.74) is 1.93. The molecule has 2 N–H and O–H groups in total. The van der Waals surface area contributed by atoms with Crippen molar-refractivity contribution in [2.75, 3.05) is 14.2 Å². The van der Waals surface area contributed by atoms with Gasteiger partial charge in [0.05, 0.1) is 25.6 Å². The summed E-state index contributed by atoms with van der Waals surface area (Å²) in [6, 6.07) is 10.2. The van der Waals surface area contributed by atoms with Crippen LogP contribution in [0.1, 0.15) is 11.4 Å². The molecule has 0 aliphatic rings. The second kappa shape index (κ2) is 8.27. The highest BCUT2D eigenvalue weighted by Gasteiger charge is 2.22. The molecule has 2 aromatic heterocycles. The molecular formula is C22H20AlN2O5. The van der Waals surface area contributed by atoms with Gasteiger partial charge in [-0.2, -0.15) is 0 Å². The molecule has 151 valence electrons. The zero-order valence-corrected chi connectivity index (χ0v) is 18.2. The summed E-state index contributed by atoms with van der Waals surface area (Å²) in [5.74, 6) is 1.81. The minimum Gasteiger partial charge on any atom is -0.506 e. The van der Waals surface area contributed by atoms with Crippen molar-refractivity contribution in [2.24, 2.45) is 0 Å². The first-order valence-corrected chi connectivity index (χ1v) is 8.96. The molecule has 4 aromatic rings. The van der Waals surface area contributed by atoms with E-state index in [1.165, 1.54) is 14.2 Å². The van der Waals surface area contributed by atoms with Crippen molar-refractivity contribution >= 4 is 39.2 Å². The van der Waals surface area contributed by atoms with Gasteiger partial charge in [0.2, 0.25) is 0 Å². The van der Waals surface area contributed by atoms with E-state index >= 15 is 0 Å². The molecule has 0 aliphatic heterocycles. The first-order chi connectivity index (χ1) is 14.0. The van der Waals surface area contributed by atoms with Crippen LogP contribution in [0, 0.1) is 13.8 Å². The quantitative estimate of drug-likeness (QED) is 0.478. The molecule has 3 radical (unpaired) electrons. The number of pyridine rings is 2. The number of hydrogen-bond donors (Lipinski definition) is 2. The van der Waals surface area contributed by atoms with Crippen LogP contribution in [0.25, 0.3) is 21.8 Å². The van der Waals surface area contributed by atoms with E-state index in [0.29, 0.717) is 56.2 Å². The number of methoxy groups -OCH3 is 2. The van der Waals surface area contributed by atoms with Gasteiger partial charge in [-0.1, -0.05) is 12.1 Å². The molecule has 0 amide bonds. The number of hydrogen-bond acceptors (Lipinski definition) is 7. The summed E-state index contributed by atoms with van der Waals surface area (Å²) in [7, 11) is 3.07. The standard InChI is InChI=1S/C22H20N2O5.Al/c1-11-19(21(27-3)13-7-5-9-15(25)17(13)23-11)29-20-12(2)24-18-14(22(20)28-4)8-6-10-16(18)26;/h5-10,25-26H,1-4H3;. The average Bonchev–Trinajstić information content (AvgIpc) is 2.70. The number of aromatic hydroxyl groups is 2. The Hall–Kier alpha value is -3.21. The van der Waals surface area contributed by atoms with Crippen LogP contribution in [-0.4, -0.2) is 51.8 Å². The van der Waals surface area contributed by atoms with Crippen LogP contribution in [0.15, 0.2) is 36.4 Å². The van der Waals surface area contributed by atoms with E-state index in [1.54, 1.807) is 50.2 Å². The van der Waals surface area contributed by atoms with Crippen LogP contribution < -0.4 is 14.2 Å². The summed E-state index contributed by atoms with van der Waals surface area (Å²) in [5, 5.41) is 21.6. The molecule has 0 unspecified atom stereocenters. The van der Waals surface area contributed by atoms with Gasteiger partial charge < -0.3 is 24.4 Å². The Labute approximate surface area is 184 Å². The summed E-state index contributed by atoms with van der Waals surface area (Å²) >= 11 is 0. The smallest absolute Gasteiger partial charge is 0.191 e. The lowest BCUT2D eigenvalue weighted by Crippen LogP contribution is -2.01. The highest BCUT2D eigenvalue weighted by atomic mass is 27.0. The summed E-state index contributed by atoms with van der Waals surface area (Å²) in [6.45, 7) is 3.54. The lowest BCUT2D eigenvalue weighted by molar-refractivity contribution is 0.356. The van der Waals surface area contributed by atoms with Crippen molar-refractivity contribution in [3.05, 3.63) is 47.8 Å². The Morgan fingerprint density at radius 3 is 1.43 bits per heavy atom. The first-order valence-electron chi connectivity index (χ1n) is 8.96. The summed E-state index contributed by atoms with van der Waals surface area (Å²) in [4.78, 5) is 8.97. The monoisotopic (exact) mass is 419 g/mol. The number of fused-ring (bicyclic) bond motifs is 2. The van der Waals surface area contributed by atoms with E-state index in [-0.39, 0.29) is 28.9 Å². The van der Waals surface area contributed by atoms with E-state index in [0.717, 1.165) is 0 Å². The molecule has 2 aromatic carbocycles. The van der Waals surface area contributed by atoms with Gasteiger partial charge in [-0.15, -0.1) is 0 Å². The number of aromatic nitrogens is 2. The van der Waals surface area contributed by atoms with Crippen molar-refractivity contribution in [3.8, 4) is 34.5 Å². The fraction of sp³-hybridized carbons (Fsp3) is 0.182. The van der Waals surface area contributed by atoms with Crippen LogP contribution in [0.2, 0.25) is 0 Å². The molecule has 0 saturated heterocycles. The van der Waals surface area contributed by atoms with E-state index in [9.17, 15) is 10.2 Å². The van der Waals surface area contributed by atoms with Crippen molar-refractivity contribution in [1.29, 1.82) is 0 Å². The summed E-state index contributed by atoms with van der Waals surface area (Å²) < 4.78 is 17.5. The molecule has 2 heterocycles. The average molecular weight is 419 g/mol. The fourth-order valence-corrected chi connectivity index (χ4v) is 3.42. The van der Waals surface area contributed by atoms with Crippen LogP contribution >= 0.6 is 0 Å². The second-order valence-corrected chi connectivity index (χ2v) is 6.57. The molecule has 30 heavy (non-hydrogen) atoms. The topological polar surface area (TPSA) is 93.9 Å². The Morgan fingerprint density at radius 2 is 1.07 bits per heavy atom. The molecule has 0 fully saturated rings. The molecule has 0 saturated carbocycles. The number of rotatable bonds is 4. The zero-order valence-electron chi connectivity index (χ0n) is 17.1. The summed E-state index contributed by atoms with van der Waals surface area (Å²) in [6.07, 6.45) is 0. The van der Waals surface area contributed by atoms with Gasteiger partial charge in [-0.25, -0.2) is 9.97 Å². The number of ether oxygens (including phenoxy) is 3. The van der Waals surface area contributed by atoms with Gasteiger partial charge >= 0.3 is 0 Å². The number of phenols is 2. The minimum atomic E-state index is 0. The maximum atomic E-state index is 10.2. The van der Waals surface area contributed by atoms with Gasteiger partial charge in [0, 0.05) is 28.1 Å². The van der Waals surface area contributed by atoms with Crippen LogP contribution in [0.5, 0.6) is 34.5 Å². The van der Waals surface area contributed by atoms with E-state index in [1.807, 2.05) is 0 Å². The van der Waals surface area contributed by atoms with Crippen LogP contribution in [-0.2, 0) is 0 Å². The SMILES string of the molecule is COc1c(Oc2c(C)nc3c(O)cccc3c2OC)c(C)nc2c(O)cccc12.[Al]. The predicted octanol–water partition coefficient (Wildman–Crippen LogP) is 4.24. The Balaban J connectivity index is 0.00000256. The maximum absolute atomic E-state index is 10.2. The van der Waals surface area contributed by atoms with Crippen molar-refractivity contribution in [2.45, 2.75) is 13.8 Å². The molecule has 8 heteroatoms. The third-order valence-electron chi connectivity index (χ3n) is 4.76. The maximum Gasteiger partial charge on any atom is 0.191 e. The zero-order chi connectivity index (χ0) is 20.7. The normalized spacial score (nSPS) is 10.7. The van der Waals surface area contributed by atoms with Crippen LogP contribution in [0.3, 0.4) is 0 Å². The number of benzene rings is 2. The lowest BCUT2D eigenvalue weighted by atomic mass is 10.1. The van der Waals surface area contributed by atoms with Gasteiger partial charge in [-0.3, -0.25) is 0 Å². The predicted molar refractivity (Wildman–Crippen MR) is 115 cm³/mol. The molecule has 4 rings (SSSR count). The van der Waals surface area contributed by atoms with E-state index < -0.39 is 0 Å². The molecular weight excluding hydrogens is 399 g/mol. The minimum absolute atomic E-state index is 0. The third kappa shape index (κ3) is 3.34. The van der Waals surface area contributed by atoms with Gasteiger partial charge in [0.1, 0.15) is 22.5 Å². The van der Waals surface area contributed by atoms with Gasteiger partial charge in [0.25, 0.3) is 0 Å². The number of aryl methyl sites for hydroxylation is 2. The highest BCUT2D eigenvalue weighted by Crippen LogP contribution is 2.46. The van der Waals surface area contributed by atoms with Crippen molar-refractivity contribution < 1.29 is 24.4 Å². The number of para-hydroxylation sites is 2. The molecule has 0 spiro atoms. The first kappa shape index (κ1) is 21.5. The molecule has 0 atom stereocenters. The largest absolute Gasteiger partial charge is 0.506 e. The van der Waals surface area contributed by atoms with Crippen molar-refractivity contribution in [3.63, 3.8) is 0 Å². The van der Waals surface area contributed by atoms with Crippen LogP contribution in [0.4, 0.5) is 0 Å². The van der Waals surface area contributed by atoms with Crippen molar-refractivity contribution in [1.82, 2.24) is 9.97 Å². The Morgan fingerprint density at radius 1 is 0.667 bits per heavy atom. The molecule has 7 nitrogen and oxygen atoms in total. The number of phenolic OH excluding ortho intramolecular Hbond substituents is 2. The lowest BCUT2D eigenvalue weighted by Gasteiger charge is -2.19. The van der Waals surface area contributed by atoms with E-state index in [2.05, 4.69) is 9.97 Å². The third-order valence-corrected chi connectivity index (χ3v) is 4.76. The Bertz CT molecular complexity index is 1160. The molecule has 0 bridgehead atoms. The second-order valence-electron chi connectivity index (χ2n) is 6.57. The highest BCUT2D eigenvalue weighted by molar-refractivity contribution is 5.94. The fourth-order valence-electron chi connectivity index (χ4n) is 3.42. The van der Waals surface area contributed by atoms with Gasteiger partial charge in [-0.05, 0) is 38.1 Å². The number of nitrogens with zero attached hydrogens (tertiary/aromatic N) is 2. The van der Waals surface area contributed by atoms with E-state index in [4.69, 9.17) is 14.2 Å².